The molecule has 1 heterocycles. The summed E-state index contributed by atoms with van der Waals surface area (Å²) in [6.07, 6.45) is 4.80. The van der Waals surface area contributed by atoms with Crippen LogP contribution in [0.4, 0.5) is 0 Å². The Bertz CT molecular complexity index is 292. The third-order valence-electron chi connectivity index (χ3n) is 2.47. The molecule has 0 spiro atoms. The maximum Gasteiger partial charge on any atom is -0.00213 e. The summed E-state index contributed by atoms with van der Waals surface area (Å²) < 4.78 is 0. The second kappa shape index (κ2) is 8.39. The summed E-state index contributed by atoms with van der Waals surface area (Å²) in [7, 11) is 2.17. The van der Waals surface area contributed by atoms with Crippen LogP contribution in [0, 0.1) is 0 Å². The van der Waals surface area contributed by atoms with Crippen molar-refractivity contribution in [2.45, 2.75) is 12.8 Å². The Morgan fingerprint density at radius 3 is 2.25 bits per heavy atom. The second-order valence-electron chi connectivity index (χ2n) is 3.86. The summed E-state index contributed by atoms with van der Waals surface area (Å²) in [4.78, 5) is 2.36. The van der Waals surface area contributed by atoms with Crippen molar-refractivity contribution in [2.24, 2.45) is 5.14 Å². The molecular weight excluding hydrogens is 216 g/mol. The lowest BCUT2D eigenvalue weighted by Crippen LogP contribution is -2.10. The van der Waals surface area contributed by atoms with E-state index in [2.05, 4.69) is 11.9 Å². The minimum absolute atomic E-state index is 1.18. The lowest BCUT2D eigenvalue weighted by atomic mass is 10.2. The first kappa shape index (κ1) is 13.3. The van der Waals surface area contributed by atoms with Crippen molar-refractivity contribution in [3.63, 3.8) is 0 Å². The van der Waals surface area contributed by atoms with Crippen LogP contribution in [0.5, 0.6) is 0 Å². The van der Waals surface area contributed by atoms with Gasteiger partial charge in [0.25, 0.3) is 0 Å². The van der Waals surface area contributed by atoms with Crippen LogP contribution in [0.3, 0.4) is 0 Å². The van der Waals surface area contributed by atoms with E-state index in [0.717, 1.165) is 0 Å². The molecule has 16 heavy (non-hydrogen) atoms. The molecule has 1 fully saturated rings. The molecule has 88 valence electrons. The van der Waals surface area contributed by atoms with Crippen LogP contribution in [0.1, 0.15) is 18.4 Å². The molecule has 0 atom stereocenters. The maximum absolute atomic E-state index is 5.21. The molecule has 0 amide bonds. The maximum atomic E-state index is 5.21. The number of nitrogens with zero attached hydrogens (tertiary/aromatic N) is 1. The van der Waals surface area contributed by atoms with E-state index in [0.29, 0.717) is 0 Å². The third kappa shape index (κ3) is 5.95. The molecule has 0 saturated carbocycles. The van der Waals surface area contributed by atoms with Gasteiger partial charge < -0.3 is 4.90 Å². The Balaban J connectivity index is 0.000000181. The standard InChI is InChI=1S/C8H9NS.C5H11N/c9-10-7-6-8-4-2-1-3-5-8;1-6-4-2-3-5-6/h1-7H,9H2;2-5H2,1H3/b7-6+;. The van der Waals surface area contributed by atoms with Crippen LogP contribution in [-0.2, 0) is 0 Å². The van der Waals surface area contributed by atoms with Gasteiger partial charge in [0.1, 0.15) is 0 Å². The van der Waals surface area contributed by atoms with Gasteiger partial charge in [0.2, 0.25) is 0 Å². The molecular formula is C13H20N2S. The van der Waals surface area contributed by atoms with Gasteiger partial charge in [-0.3, -0.25) is 5.14 Å². The normalized spacial score (nSPS) is 16.1. The molecule has 2 nitrogen and oxygen atoms in total. The summed E-state index contributed by atoms with van der Waals surface area (Å²) in [5.41, 5.74) is 1.18. The highest BCUT2D eigenvalue weighted by molar-refractivity contribution is 8.00. The number of nitrogens with two attached hydrogens (primary N) is 1. The van der Waals surface area contributed by atoms with E-state index in [4.69, 9.17) is 5.14 Å². The van der Waals surface area contributed by atoms with Crippen LogP contribution < -0.4 is 5.14 Å². The van der Waals surface area contributed by atoms with E-state index in [1.165, 1.54) is 43.4 Å². The van der Waals surface area contributed by atoms with Crippen LogP contribution in [-0.4, -0.2) is 25.0 Å². The fourth-order valence-electron chi connectivity index (χ4n) is 1.56. The van der Waals surface area contributed by atoms with E-state index in [9.17, 15) is 0 Å². The molecule has 0 aliphatic carbocycles. The molecule has 1 aliphatic rings. The van der Waals surface area contributed by atoms with Gasteiger partial charge in [0, 0.05) is 0 Å². The van der Waals surface area contributed by atoms with Crippen molar-refractivity contribution in [1.29, 1.82) is 0 Å². The first-order chi connectivity index (χ1) is 7.83. The molecule has 1 saturated heterocycles. The third-order valence-corrected chi connectivity index (χ3v) is 2.76. The first-order valence-corrected chi connectivity index (χ1v) is 6.53. The van der Waals surface area contributed by atoms with Crippen LogP contribution in [0.15, 0.2) is 35.7 Å². The summed E-state index contributed by atoms with van der Waals surface area (Å²) >= 11 is 1.22. The highest BCUT2D eigenvalue weighted by atomic mass is 32.2. The van der Waals surface area contributed by atoms with Crippen molar-refractivity contribution in [3.05, 3.63) is 41.3 Å². The second-order valence-corrected chi connectivity index (χ2v) is 4.40. The minimum Gasteiger partial charge on any atom is -0.306 e. The van der Waals surface area contributed by atoms with E-state index in [-0.39, 0.29) is 0 Å². The highest BCUT2D eigenvalue weighted by Gasteiger charge is 2.03. The zero-order valence-corrected chi connectivity index (χ0v) is 10.6. The Hall–Kier alpha value is -0.770. The number of rotatable bonds is 2. The van der Waals surface area contributed by atoms with Gasteiger partial charge in [-0.15, -0.1) is 0 Å². The van der Waals surface area contributed by atoms with Crippen LogP contribution in [0.2, 0.25) is 0 Å². The van der Waals surface area contributed by atoms with Gasteiger partial charge in [-0.25, -0.2) is 0 Å². The number of hydrogen-bond acceptors (Lipinski definition) is 3. The van der Waals surface area contributed by atoms with Crippen molar-refractivity contribution < 1.29 is 0 Å². The highest BCUT2D eigenvalue weighted by Crippen LogP contribution is 2.03. The number of hydrogen-bond donors (Lipinski definition) is 1. The summed E-state index contributed by atoms with van der Waals surface area (Å²) in [6, 6.07) is 10.1. The average molecular weight is 236 g/mol. The zero-order valence-electron chi connectivity index (χ0n) is 9.80. The van der Waals surface area contributed by atoms with E-state index < -0.39 is 0 Å². The Morgan fingerprint density at radius 2 is 1.81 bits per heavy atom. The van der Waals surface area contributed by atoms with Crippen molar-refractivity contribution >= 4 is 18.0 Å². The van der Waals surface area contributed by atoms with Gasteiger partial charge in [-0.05, 0) is 50.0 Å². The minimum atomic E-state index is 1.18. The van der Waals surface area contributed by atoms with E-state index in [1.807, 2.05) is 41.8 Å². The summed E-state index contributed by atoms with van der Waals surface area (Å²) in [6.45, 7) is 2.64. The molecule has 2 rings (SSSR count). The molecule has 2 N–H and O–H groups in total. The van der Waals surface area contributed by atoms with Crippen LogP contribution >= 0.6 is 11.9 Å². The summed E-state index contributed by atoms with van der Waals surface area (Å²) in [5, 5.41) is 7.06. The van der Waals surface area contributed by atoms with Gasteiger partial charge in [-0.2, -0.15) is 0 Å². The Kier molecular flexibility index (Phi) is 6.97. The fraction of sp³-hybridized carbons (Fsp3) is 0.385. The lowest BCUT2D eigenvalue weighted by molar-refractivity contribution is 0.418. The molecule has 1 aromatic carbocycles. The average Bonchev–Trinajstić information content (AvgIpc) is 2.80. The first-order valence-electron chi connectivity index (χ1n) is 5.58. The fourth-order valence-corrected chi connectivity index (χ4v) is 1.79. The predicted molar refractivity (Wildman–Crippen MR) is 74.0 cm³/mol. The van der Waals surface area contributed by atoms with Gasteiger partial charge >= 0.3 is 0 Å². The molecule has 0 unspecified atom stereocenters. The van der Waals surface area contributed by atoms with E-state index in [1.54, 1.807) is 0 Å². The van der Waals surface area contributed by atoms with Crippen molar-refractivity contribution in [3.8, 4) is 0 Å². The lowest BCUT2D eigenvalue weighted by Gasteiger charge is -2.01. The Morgan fingerprint density at radius 1 is 1.19 bits per heavy atom. The van der Waals surface area contributed by atoms with Gasteiger partial charge in [-0.1, -0.05) is 42.3 Å². The number of likely N-dealkylation sites (tertiary alicyclic amines) is 1. The van der Waals surface area contributed by atoms with Crippen molar-refractivity contribution in [2.75, 3.05) is 20.1 Å². The van der Waals surface area contributed by atoms with Crippen molar-refractivity contribution in [1.82, 2.24) is 4.90 Å². The zero-order chi connectivity index (χ0) is 11.6. The Labute approximate surface area is 103 Å². The van der Waals surface area contributed by atoms with E-state index >= 15 is 0 Å². The molecule has 1 aliphatic heterocycles. The van der Waals surface area contributed by atoms with Crippen LogP contribution in [0.25, 0.3) is 6.08 Å². The molecule has 1 aromatic rings. The van der Waals surface area contributed by atoms with Gasteiger partial charge in [0.15, 0.2) is 0 Å². The molecule has 3 heteroatoms. The predicted octanol–water partition coefficient (Wildman–Crippen LogP) is 2.98. The molecule has 0 radical (unpaired) electrons. The number of benzene rings is 1. The SMILES string of the molecule is CN1CCCC1.NS/C=C/c1ccccc1. The quantitative estimate of drug-likeness (QED) is 0.800. The van der Waals surface area contributed by atoms with Gasteiger partial charge in [0.05, 0.1) is 0 Å². The molecule has 0 bridgehead atoms. The largest absolute Gasteiger partial charge is 0.306 e. The topological polar surface area (TPSA) is 29.3 Å². The smallest absolute Gasteiger partial charge is 0.00213 e. The monoisotopic (exact) mass is 236 g/mol. The molecule has 0 aromatic heterocycles. The summed E-state index contributed by atoms with van der Waals surface area (Å²) in [5.74, 6) is 0.